The van der Waals surface area contributed by atoms with Crippen LogP contribution in [0.15, 0.2) is 24.3 Å². The highest BCUT2D eigenvalue weighted by molar-refractivity contribution is 5.39. The third-order valence-corrected chi connectivity index (χ3v) is 5.08. The molecule has 1 N–H and O–H groups in total. The second-order valence-electron chi connectivity index (χ2n) is 7.39. The number of nitrogens with one attached hydrogen (secondary N) is 1. The average molecular weight is 287 g/mol. The standard InChI is InChI=1S/C19H29NO/c1-4-9-20-17-13-19(11-14(2)10-15(3)12-19)21-18-8-6-5-7-16(17)18/h5-8,14-15,17,20H,4,9-13H2,1-3H3. The monoisotopic (exact) mass is 287 g/mol. The van der Waals surface area contributed by atoms with Crippen molar-refractivity contribution < 1.29 is 4.74 Å². The maximum absolute atomic E-state index is 6.57. The molecule has 0 amide bonds. The quantitative estimate of drug-likeness (QED) is 0.869. The molecular formula is C19H29NO. The Hall–Kier alpha value is -1.02. The van der Waals surface area contributed by atoms with Gasteiger partial charge < -0.3 is 10.1 Å². The molecule has 2 heteroatoms. The Morgan fingerprint density at radius 2 is 1.86 bits per heavy atom. The van der Waals surface area contributed by atoms with Crippen molar-refractivity contribution in [3.63, 3.8) is 0 Å². The summed E-state index contributed by atoms with van der Waals surface area (Å²) in [6, 6.07) is 9.07. The van der Waals surface area contributed by atoms with E-state index in [2.05, 4.69) is 50.4 Å². The van der Waals surface area contributed by atoms with Gasteiger partial charge in [-0.1, -0.05) is 39.0 Å². The zero-order valence-corrected chi connectivity index (χ0v) is 13.7. The van der Waals surface area contributed by atoms with Gasteiger partial charge in [0.25, 0.3) is 0 Å². The van der Waals surface area contributed by atoms with Gasteiger partial charge in [-0.3, -0.25) is 0 Å². The van der Waals surface area contributed by atoms with Crippen LogP contribution in [0.2, 0.25) is 0 Å². The molecule has 116 valence electrons. The lowest BCUT2D eigenvalue weighted by Gasteiger charge is -2.48. The van der Waals surface area contributed by atoms with Crippen molar-refractivity contribution >= 4 is 0 Å². The molecule has 0 saturated heterocycles. The number of para-hydroxylation sites is 1. The van der Waals surface area contributed by atoms with Gasteiger partial charge in [0, 0.05) is 18.0 Å². The predicted octanol–water partition coefficient (Wildman–Crippen LogP) is 4.70. The van der Waals surface area contributed by atoms with Crippen LogP contribution in [-0.4, -0.2) is 12.1 Å². The predicted molar refractivity (Wildman–Crippen MR) is 87.6 cm³/mol. The topological polar surface area (TPSA) is 21.3 Å². The lowest BCUT2D eigenvalue weighted by atomic mass is 9.69. The van der Waals surface area contributed by atoms with Crippen molar-refractivity contribution in [1.29, 1.82) is 0 Å². The van der Waals surface area contributed by atoms with Crippen molar-refractivity contribution in [2.24, 2.45) is 11.8 Å². The van der Waals surface area contributed by atoms with E-state index in [-0.39, 0.29) is 5.60 Å². The second kappa shape index (κ2) is 6.00. The van der Waals surface area contributed by atoms with Gasteiger partial charge >= 0.3 is 0 Å². The number of rotatable bonds is 3. The summed E-state index contributed by atoms with van der Waals surface area (Å²) in [5.74, 6) is 2.65. The summed E-state index contributed by atoms with van der Waals surface area (Å²) in [6.07, 6.45) is 6.06. The van der Waals surface area contributed by atoms with E-state index in [9.17, 15) is 0 Å². The average Bonchev–Trinajstić information content (AvgIpc) is 2.43. The van der Waals surface area contributed by atoms with Gasteiger partial charge in [0.1, 0.15) is 11.4 Å². The highest BCUT2D eigenvalue weighted by Gasteiger charge is 2.45. The highest BCUT2D eigenvalue weighted by atomic mass is 16.5. The first kappa shape index (κ1) is 14.9. The molecule has 2 aliphatic rings. The van der Waals surface area contributed by atoms with Crippen molar-refractivity contribution in [1.82, 2.24) is 5.32 Å². The summed E-state index contributed by atoms with van der Waals surface area (Å²) < 4.78 is 6.57. The minimum Gasteiger partial charge on any atom is -0.487 e. The lowest BCUT2D eigenvalue weighted by molar-refractivity contribution is -0.0347. The Bertz CT molecular complexity index is 474. The number of hydrogen-bond donors (Lipinski definition) is 1. The third-order valence-electron chi connectivity index (χ3n) is 5.08. The molecule has 2 nitrogen and oxygen atoms in total. The number of fused-ring (bicyclic) bond motifs is 1. The fraction of sp³-hybridized carbons (Fsp3) is 0.684. The van der Waals surface area contributed by atoms with E-state index in [0.717, 1.165) is 30.6 Å². The number of benzene rings is 1. The highest BCUT2D eigenvalue weighted by Crippen LogP contribution is 2.48. The largest absolute Gasteiger partial charge is 0.487 e. The molecule has 1 aromatic carbocycles. The summed E-state index contributed by atoms with van der Waals surface area (Å²) in [5.41, 5.74) is 1.40. The molecule has 3 rings (SSSR count). The van der Waals surface area contributed by atoms with Gasteiger partial charge in [0.15, 0.2) is 0 Å². The number of ether oxygens (including phenoxy) is 1. The summed E-state index contributed by atoms with van der Waals surface area (Å²) in [6.45, 7) is 8.09. The number of hydrogen-bond acceptors (Lipinski definition) is 2. The Morgan fingerprint density at radius 1 is 1.14 bits per heavy atom. The molecule has 1 aromatic rings. The summed E-state index contributed by atoms with van der Waals surface area (Å²) in [5, 5.41) is 3.75. The Balaban J connectivity index is 1.89. The van der Waals surface area contributed by atoms with Crippen molar-refractivity contribution in [2.75, 3.05) is 6.54 Å². The van der Waals surface area contributed by atoms with Crippen molar-refractivity contribution in [3.05, 3.63) is 29.8 Å². The molecule has 1 spiro atoms. The maximum Gasteiger partial charge on any atom is 0.124 e. The molecule has 3 atom stereocenters. The molecule has 0 bridgehead atoms. The van der Waals surface area contributed by atoms with Crippen molar-refractivity contribution in [2.45, 2.75) is 64.5 Å². The summed E-state index contributed by atoms with van der Waals surface area (Å²) >= 11 is 0. The van der Waals surface area contributed by atoms with Crippen LogP contribution in [-0.2, 0) is 0 Å². The van der Waals surface area contributed by atoms with Crippen LogP contribution in [0.4, 0.5) is 0 Å². The van der Waals surface area contributed by atoms with Crippen LogP contribution in [0.3, 0.4) is 0 Å². The minimum absolute atomic E-state index is 0.0524. The molecule has 1 saturated carbocycles. The van der Waals surface area contributed by atoms with Crippen molar-refractivity contribution in [3.8, 4) is 5.75 Å². The Kier molecular flexibility index (Phi) is 4.26. The fourth-order valence-corrected chi connectivity index (χ4v) is 4.58. The molecule has 1 heterocycles. The van der Waals surface area contributed by atoms with Crippen LogP contribution in [0.1, 0.15) is 64.5 Å². The smallest absolute Gasteiger partial charge is 0.124 e. The molecule has 1 aliphatic carbocycles. The van der Waals surface area contributed by atoms with Gasteiger partial charge in [0.2, 0.25) is 0 Å². The van der Waals surface area contributed by atoms with Crippen LogP contribution in [0.5, 0.6) is 5.75 Å². The first-order valence-electron chi connectivity index (χ1n) is 8.63. The van der Waals surface area contributed by atoms with Gasteiger partial charge in [-0.25, -0.2) is 0 Å². The third kappa shape index (κ3) is 3.11. The van der Waals surface area contributed by atoms with Gasteiger partial charge in [0.05, 0.1) is 0 Å². The normalized spacial score (nSPS) is 35.3. The minimum atomic E-state index is 0.0524. The van der Waals surface area contributed by atoms with Gasteiger partial charge in [-0.2, -0.15) is 0 Å². The zero-order valence-electron chi connectivity index (χ0n) is 13.7. The van der Waals surface area contributed by atoms with E-state index in [1.54, 1.807) is 0 Å². The lowest BCUT2D eigenvalue weighted by Crippen LogP contribution is -2.48. The SMILES string of the molecule is CCCNC1CC2(CC(C)CC(C)C2)Oc2ccccc21. The van der Waals surface area contributed by atoms with Gasteiger partial charge in [-0.05, 0) is 50.1 Å². The molecule has 0 aromatic heterocycles. The maximum atomic E-state index is 6.57. The Morgan fingerprint density at radius 3 is 2.57 bits per heavy atom. The molecule has 1 fully saturated rings. The fourth-order valence-electron chi connectivity index (χ4n) is 4.58. The molecule has 21 heavy (non-hydrogen) atoms. The van der Waals surface area contributed by atoms with Crippen LogP contribution < -0.4 is 10.1 Å². The van der Waals surface area contributed by atoms with E-state index in [1.807, 2.05) is 0 Å². The van der Waals surface area contributed by atoms with Crippen LogP contribution in [0.25, 0.3) is 0 Å². The van der Waals surface area contributed by atoms with E-state index >= 15 is 0 Å². The van der Waals surface area contributed by atoms with E-state index in [4.69, 9.17) is 4.74 Å². The molecule has 0 radical (unpaired) electrons. The molecular weight excluding hydrogens is 258 g/mol. The van der Waals surface area contributed by atoms with Gasteiger partial charge in [-0.15, -0.1) is 0 Å². The van der Waals surface area contributed by atoms with Crippen LogP contribution in [0, 0.1) is 11.8 Å². The Labute approximate surface area is 129 Å². The van der Waals surface area contributed by atoms with E-state index in [1.165, 1.54) is 31.2 Å². The van der Waals surface area contributed by atoms with Crippen LogP contribution >= 0.6 is 0 Å². The summed E-state index contributed by atoms with van der Waals surface area (Å²) in [4.78, 5) is 0. The zero-order chi connectivity index (χ0) is 14.9. The molecule has 3 unspecified atom stereocenters. The second-order valence-corrected chi connectivity index (χ2v) is 7.39. The first-order valence-corrected chi connectivity index (χ1v) is 8.63. The van der Waals surface area contributed by atoms with E-state index < -0.39 is 0 Å². The first-order chi connectivity index (χ1) is 10.1. The van der Waals surface area contributed by atoms with E-state index in [0.29, 0.717) is 6.04 Å². The molecule has 1 aliphatic heterocycles. The summed E-state index contributed by atoms with van der Waals surface area (Å²) in [7, 11) is 0.